The quantitative estimate of drug-likeness (QED) is 0.764. The molecule has 2 N–H and O–H groups in total. The van der Waals surface area contributed by atoms with Crippen LogP contribution in [0.25, 0.3) is 0 Å². The Kier molecular flexibility index (Phi) is 7.01. The van der Waals surface area contributed by atoms with Gasteiger partial charge in [0.2, 0.25) is 0 Å². The van der Waals surface area contributed by atoms with Crippen LogP contribution in [0.3, 0.4) is 0 Å². The van der Waals surface area contributed by atoms with Gasteiger partial charge in [0.25, 0.3) is 0 Å². The highest BCUT2D eigenvalue weighted by Gasteiger charge is 2.36. The van der Waals surface area contributed by atoms with Crippen LogP contribution in [0.5, 0.6) is 5.75 Å². The number of carbonyl (C=O) groups excluding carboxylic acids is 3. The van der Waals surface area contributed by atoms with E-state index in [0.29, 0.717) is 25.1 Å². The highest BCUT2D eigenvalue weighted by atomic mass is 16.6. The summed E-state index contributed by atoms with van der Waals surface area (Å²) in [7, 11) is 1.30. The van der Waals surface area contributed by atoms with Gasteiger partial charge in [0.1, 0.15) is 23.4 Å². The van der Waals surface area contributed by atoms with Gasteiger partial charge in [-0.2, -0.15) is 0 Å². The lowest BCUT2D eigenvalue weighted by Crippen LogP contribution is -2.42. The number of hydrogen-bond acceptors (Lipinski definition) is 7. The van der Waals surface area contributed by atoms with Crippen molar-refractivity contribution in [2.24, 2.45) is 5.73 Å². The number of nitrogens with two attached hydrogens (primary N) is 1. The van der Waals surface area contributed by atoms with Gasteiger partial charge >= 0.3 is 18.0 Å². The zero-order valence-corrected chi connectivity index (χ0v) is 16.8. The fourth-order valence-electron chi connectivity index (χ4n) is 2.93. The number of likely N-dealkylation sites (tertiary alicyclic amines) is 1. The van der Waals surface area contributed by atoms with Crippen molar-refractivity contribution in [3.63, 3.8) is 0 Å². The molecule has 0 bridgehead atoms. The topological polar surface area (TPSA) is 108 Å². The van der Waals surface area contributed by atoms with Gasteiger partial charge in [0, 0.05) is 6.54 Å². The van der Waals surface area contributed by atoms with E-state index in [1.807, 2.05) is 0 Å². The molecule has 2 atom stereocenters. The van der Waals surface area contributed by atoms with Crippen molar-refractivity contribution in [2.75, 3.05) is 13.7 Å². The lowest BCUT2D eigenvalue weighted by molar-refractivity contribution is -0.156. The number of rotatable bonds is 5. The van der Waals surface area contributed by atoms with E-state index in [1.165, 1.54) is 12.0 Å². The minimum atomic E-state index is -0.780. The van der Waals surface area contributed by atoms with Gasteiger partial charge in [-0.3, -0.25) is 9.69 Å². The maximum atomic E-state index is 12.3. The molecule has 8 nitrogen and oxygen atoms in total. The summed E-state index contributed by atoms with van der Waals surface area (Å²) in [5, 5.41) is 0. The molecule has 28 heavy (non-hydrogen) atoms. The SMILES string of the molecule is COC(=O)C1CCCN1C(=O)Oc1ccc(C[C@H](N)C(=O)OC(C)(C)C)cc1. The smallest absolute Gasteiger partial charge is 0.415 e. The largest absolute Gasteiger partial charge is 0.467 e. The number of amides is 1. The summed E-state index contributed by atoms with van der Waals surface area (Å²) in [5.41, 5.74) is 6.12. The summed E-state index contributed by atoms with van der Waals surface area (Å²) in [6.45, 7) is 5.80. The van der Waals surface area contributed by atoms with Crippen molar-refractivity contribution in [3.05, 3.63) is 29.8 Å². The van der Waals surface area contributed by atoms with Gasteiger partial charge < -0.3 is 19.9 Å². The van der Waals surface area contributed by atoms with Gasteiger partial charge in [-0.25, -0.2) is 9.59 Å². The first-order valence-corrected chi connectivity index (χ1v) is 9.24. The molecule has 1 aliphatic heterocycles. The summed E-state index contributed by atoms with van der Waals surface area (Å²) in [5.74, 6) is -0.568. The minimum absolute atomic E-state index is 0.305. The van der Waals surface area contributed by atoms with E-state index in [0.717, 1.165) is 12.0 Å². The lowest BCUT2D eigenvalue weighted by Gasteiger charge is -2.22. The molecule has 1 aromatic rings. The number of carbonyl (C=O) groups is 3. The van der Waals surface area contributed by atoms with Crippen molar-refractivity contribution in [3.8, 4) is 5.75 Å². The van der Waals surface area contributed by atoms with Crippen molar-refractivity contribution in [2.45, 2.75) is 57.7 Å². The van der Waals surface area contributed by atoms with E-state index >= 15 is 0 Å². The van der Waals surface area contributed by atoms with E-state index in [4.69, 9.17) is 19.9 Å². The highest BCUT2D eigenvalue weighted by Crippen LogP contribution is 2.21. The van der Waals surface area contributed by atoms with Crippen LogP contribution in [-0.2, 0) is 25.5 Å². The molecule has 8 heteroatoms. The van der Waals surface area contributed by atoms with Crippen LogP contribution in [-0.4, -0.2) is 54.3 Å². The molecule has 2 rings (SSSR count). The number of benzene rings is 1. The molecule has 0 saturated carbocycles. The normalized spacial score (nSPS) is 17.8. The van der Waals surface area contributed by atoms with E-state index in [1.54, 1.807) is 45.0 Å². The molecule has 0 spiro atoms. The molecular weight excluding hydrogens is 364 g/mol. The Balaban J connectivity index is 1.93. The summed E-state index contributed by atoms with van der Waals surface area (Å²) in [4.78, 5) is 37.4. The Morgan fingerprint density at radius 1 is 1.21 bits per heavy atom. The van der Waals surface area contributed by atoms with Gasteiger partial charge in [0.05, 0.1) is 7.11 Å². The first kappa shape index (κ1) is 21.7. The maximum absolute atomic E-state index is 12.3. The Bertz CT molecular complexity index is 710. The second-order valence-electron chi connectivity index (χ2n) is 7.73. The zero-order chi connectivity index (χ0) is 20.9. The van der Waals surface area contributed by atoms with Crippen LogP contribution in [0.15, 0.2) is 24.3 Å². The summed E-state index contributed by atoms with van der Waals surface area (Å²) in [6.07, 6.45) is 0.991. The molecule has 1 aliphatic rings. The van der Waals surface area contributed by atoms with Crippen molar-refractivity contribution in [1.82, 2.24) is 4.90 Å². The first-order valence-electron chi connectivity index (χ1n) is 9.24. The molecule has 1 aromatic carbocycles. The average molecular weight is 392 g/mol. The van der Waals surface area contributed by atoms with Gasteiger partial charge in [-0.05, 0) is 57.7 Å². The van der Waals surface area contributed by atoms with Crippen LogP contribution in [0.4, 0.5) is 4.79 Å². The minimum Gasteiger partial charge on any atom is -0.467 e. The summed E-state index contributed by atoms with van der Waals surface area (Å²) < 4.78 is 15.3. The molecule has 1 unspecified atom stereocenters. The third kappa shape index (κ3) is 5.95. The van der Waals surface area contributed by atoms with Crippen LogP contribution >= 0.6 is 0 Å². The Morgan fingerprint density at radius 2 is 1.86 bits per heavy atom. The van der Waals surface area contributed by atoms with Gasteiger partial charge in [-0.15, -0.1) is 0 Å². The Morgan fingerprint density at radius 3 is 2.43 bits per heavy atom. The fraction of sp³-hybridized carbons (Fsp3) is 0.550. The molecule has 0 aliphatic carbocycles. The Hall–Kier alpha value is -2.61. The van der Waals surface area contributed by atoms with Crippen molar-refractivity contribution < 1.29 is 28.6 Å². The predicted molar refractivity (Wildman–Crippen MR) is 102 cm³/mol. The molecule has 1 amide bonds. The Labute approximate surface area is 164 Å². The van der Waals surface area contributed by atoms with E-state index in [2.05, 4.69) is 0 Å². The number of ether oxygens (including phenoxy) is 3. The van der Waals surface area contributed by atoms with Gasteiger partial charge in [-0.1, -0.05) is 12.1 Å². The summed E-state index contributed by atoms with van der Waals surface area (Å²) in [6, 6.07) is 5.32. The van der Waals surface area contributed by atoms with E-state index in [-0.39, 0.29) is 0 Å². The monoisotopic (exact) mass is 392 g/mol. The van der Waals surface area contributed by atoms with Crippen LogP contribution in [0.1, 0.15) is 39.2 Å². The summed E-state index contributed by atoms with van der Waals surface area (Å²) >= 11 is 0. The number of nitrogens with zero attached hydrogens (tertiary/aromatic N) is 1. The number of methoxy groups -OCH3 is 1. The van der Waals surface area contributed by atoms with E-state index < -0.39 is 35.7 Å². The highest BCUT2D eigenvalue weighted by molar-refractivity contribution is 5.82. The molecular formula is C20H28N2O6. The second-order valence-corrected chi connectivity index (χ2v) is 7.73. The molecule has 1 heterocycles. The van der Waals surface area contributed by atoms with Crippen LogP contribution in [0, 0.1) is 0 Å². The molecule has 1 fully saturated rings. The lowest BCUT2D eigenvalue weighted by atomic mass is 10.1. The molecule has 0 aromatic heterocycles. The van der Waals surface area contributed by atoms with E-state index in [9.17, 15) is 14.4 Å². The predicted octanol–water partition coefficient (Wildman–Crippen LogP) is 2.03. The number of esters is 2. The fourth-order valence-corrected chi connectivity index (χ4v) is 2.93. The van der Waals surface area contributed by atoms with Crippen molar-refractivity contribution in [1.29, 1.82) is 0 Å². The maximum Gasteiger partial charge on any atom is 0.415 e. The van der Waals surface area contributed by atoms with Crippen molar-refractivity contribution >= 4 is 18.0 Å². The second kappa shape index (κ2) is 9.05. The zero-order valence-electron chi connectivity index (χ0n) is 16.8. The van der Waals surface area contributed by atoms with Gasteiger partial charge in [0.15, 0.2) is 0 Å². The average Bonchev–Trinajstić information content (AvgIpc) is 3.11. The third-order valence-electron chi connectivity index (χ3n) is 4.25. The number of hydrogen-bond donors (Lipinski definition) is 1. The van der Waals surface area contributed by atoms with Crippen LogP contribution < -0.4 is 10.5 Å². The first-order chi connectivity index (χ1) is 13.1. The van der Waals surface area contributed by atoms with Crippen LogP contribution in [0.2, 0.25) is 0 Å². The third-order valence-corrected chi connectivity index (χ3v) is 4.25. The molecule has 154 valence electrons. The standard InChI is InChI=1S/C20H28N2O6/c1-20(2,3)28-17(23)15(21)12-13-7-9-14(10-8-13)27-19(25)22-11-5-6-16(22)18(24)26-4/h7-10,15-16H,5-6,11-12,21H2,1-4H3/t15-,16?/m0/s1. The molecule has 1 saturated heterocycles. The molecule has 0 radical (unpaired) electrons.